The number of esters is 2. The minimum atomic E-state index is -0.331. The van der Waals surface area contributed by atoms with Gasteiger partial charge < -0.3 is 9.47 Å². The SMILES string of the molecule is CC(=O)Oc1ccc(C2(C)CC(C)(C)c3ccc(OC(C)=O)cc32)cc1. The highest BCUT2D eigenvalue weighted by Gasteiger charge is 2.45. The van der Waals surface area contributed by atoms with E-state index in [2.05, 4.69) is 26.8 Å². The maximum Gasteiger partial charge on any atom is 0.308 e. The second kappa shape index (κ2) is 6.27. The molecule has 0 heterocycles. The fourth-order valence-electron chi connectivity index (χ4n) is 4.19. The van der Waals surface area contributed by atoms with Crippen molar-refractivity contribution in [3.8, 4) is 11.5 Å². The molecule has 1 unspecified atom stereocenters. The van der Waals surface area contributed by atoms with E-state index < -0.39 is 0 Å². The second-order valence-corrected chi connectivity index (χ2v) is 7.81. The number of benzene rings is 2. The molecule has 0 aliphatic heterocycles. The first kappa shape index (κ1) is 18.2. The van der Waals surface area contributed by atoms with Gasteiger partial charge in [0, 0.05) is 19.3 Å². The van der Waals surface area contributed by atoms with Crippen molar-refractivity contribution in [1.29, 1.82) is 0 Å². The Morgan fingerprint density at radius 2 is 1.35 bits per heavy atom. The monoisotopic (exact) mass is 352 g/mol. The zero-order valence-corrected chi connectivity index (χ0v) is 15.9. The van der Waals surface area contributed by atoms with E-state index in [9.17, 15) is 9.59 Å². The average molecular weight is 352 g/mol. The smallest absolute Gasteiger partial charge is 0.308 e. The minimum Gasteiger partial charge on any atom is -0.427 e. The highest BCUT2D eigenvalue weighted by Crippen LogP contribution is 2.53. The van der Waals surface area contributed by atoms with Crippen LogP contribution in [0.2, 0.25) is 0 Å². The van der Waals surface area contributed by atoms with Crippen molar-refractivity contribution in [1.82, 2.24) is 0 Å². The normalized spacial score (nSPS) is 20.3. The summed E-state index contributed by atoms with van der Waals surface area (Å²) in [6.45, 7) is 9.47. The minimum absolute atomic E-state index is 0.00733. The summed E-state index contributed by atoms with van der Waals surface area (Å²) < 4.78 is 10.4. The van der Waals surface area contributed by atoms with Crippen LogP contribution in [0, 0.1) is 0 Å². The molecule has 2 aromatic rings. The third-order valence-electron chi connectivity index (χ3n) is 5.12. The van der Waals surface area contributed by atoms with Gasteiger partial charge in [0.25, 0.3) is 0 Å². The predicted octanol–water partition coefficient (Wildman–Crippen LogP) is 4.52. The molecule has 136 valence electrons. The lowest BCUT2D eigenvalue weighted by molar-refractivity contribution is -0.132. The van der Waals surface area contributed by atoms with Gasteiger partial charge in [-0.05, 0) is 52.8 Å². The molecule has 0 bridgehead atoms. The highest BCUT2D eigenvalue weighted by atomic mass is 16.5. The molecule has 4 heteroatoms. The van der Waals surface area contributed by atoms with Crippen molar-refractivity contribution >= 4 is 11.9 Å². The topological polar surface area (TPSA) is 52.6 Å². The fourth-order valence-corrected chi connectivity index (χ4v) is 4.19. The van der Waals surface area contributed by atoms with Crippen molar-refractivity contribution in [2.24, 2.45) is 0 Å². The van der Waals surface area contributed by atoms with Crippen LogP contribution in [0.15, 0.2) is 42.5 Å². The van der Waals surface area contributed by atoms with Crippen LogP contribution < -0.4 is 9.47 Å². The van der Waals surface area contributed by atoms with Crippen molar-refractivity contribution in [2.75, 3.05) is 0 Å². The lowest BCUT2D eigenvalue weighted by Crippen LogP contribution is -2.23. The van der Waals surface area contributed by atoms with E-state index in [1.54, 1.807) is 0 Å². The Morgan fingerprint density at radius 3 is 1.92 bits per heavy atom. The van der Waals surface area contributed by atoms with Crippen LogP contribution in [-0.4, -0.2) is 11.9 Å². The van der Waals surface area contributed by atoms with Gasteiger partial charge in [-0.25, -0.2) is 0 Å². The van der Waals surface area contributed by atoms with Crippen LogP contribution >= 0.6 is 0 Å². The maximum absolute atomic E-state index is 11.3. The number of hydrogen-bond acceptors (Lipinski definition) is 4. The Balaban J connectivity index is 2.05. The molecule has 1 aliphatic carbocycles. The molecular formula is C22H24O4. The lowest BCUT2D eigenvalue weighted by Gasteiger charge is -2.28. The summed E-state index contributed by atoms with van der Waals surface area (Å²) in [6.07, 6.45) is 0.936. The van der Waals surface area contributed by atoms with E-state index in [4.69, 9.17) is 9.47 Å². The molecule has 0 amide bonds. The van der Waals surface area contributed by atoms with Gasteiger partial charge in [0.15, 0.2) is 0 Å². The van der Waals surface area contributed by atoms with Gasteiger partial charge in [-0.2, -0.15) is 0 Å². The number of hydrogen-bond donors (Lipinski definition) is 0. The summed E-state index contributed by atoms with van der Waals surface area (Å²) in [6, 6.07) is 13.5. The highest BCUT2D eigenvalue weighted by molar-refractivity contribution is 5.70. The lowest BCUT2D eigenvalue weighted by atomic mass is 9.75. The first-order chi connectivity index (χ1) is 12.1. The molecule has 3 rings (SSSR count). The van der Waals surface area contributed by atoms with Crippen LogP contribution in [0.3, 0.4) is 0 Å². The maximum atomic E-state index is 11.3. The van der Waals surface area contributed by atoms with Gasteiger partial charge in [-0.3, -0.25) is 9.59 Å². The molecule has 4 nitrogen and oxygen atoms in total. The Labute approximate surface area is 154 Å². The fraction of sp³-hybridized carbons (Fsp3) is 0.364. The molecule has 0 saturated heterocycles. The Morgan fingerprint density at radius 1 is 0.808 bits per heavy atom. The van der Waals surface area contributed by atoms with Gasteiger partial charge in [0.05, 0.1) is 0 Å². The second-order valence-electron chi connectivity index (χ2n) is 7.81. The summed E-state index contributed by atoms with van der Waals surface area (Å²) in [5.41, 5.74) is 3.36. The summed E-state index contributed by atoms with van der Waals surface area (Å²) in [4.78, 5) is 22.5. The van der Waals surface area contributed by atoms with Crippen LogP contribution in [0.25, 0.3) is 0 Å². The molecule has 0 aromatic heterocycles. The Hall–Kier alpha value is -2.62. The van der Waals surface area contributed by atoms with Crippen LogP contribution in [-0.2, 0) is 20.4 Å². The molecule has 1 atom stereocenters. The first-order valence-electron chi connectivity index (χ1n) is 8.74. The van der Waals surface area contributed by atoms with Crippen molar-refractivity contribution < 1.29 is 19.1 Å². The molecule has 26 heavy (non-hydrogen) atoms. The average Bonchev–Trinajstić information content (AvgIpc) is 2.74. The molecule has 0 N–H and O–H groups in total. The number of rotatable bonds is 3. The largest absolute Gasteiger partial charge is 0.427 e. The van der Waals surface area contributed by atoms with E-state index >= 15 is 0 Å². The summed E-state index contributed by atoms with van der Waals surface area (Å²) in [5.74, 6) is 0.449. The zero-order valence-electron chi connectivity index (χ0n) is 15.9. The predicted molar refractivity (Wildman–Crippen MR) is 99.6 cm³/mol. The molecule has 2 aromatic carbocycles. The van der Waals surface area contributed by atoms with Crippen LogP contribution in [0.4, 0.5) is 0 Å². The van der Waals surface area contributed by atoms with E-state index in [0.29, 0.717) is 11.5 Å². The van der Waals surface area contributed by atoms with Gasteiger partial charge in [0.2, 0.25) is 0 Å². The molecule has 0 spiro atoms. The Bertz CT molecular complexity index is 864. The van der Waals surface area contributed by atoms with E-state index in [0.717, 1.165) is 12.0 Å². The van der Waals surface area contributed by atoms with Gasteiger partial charge >= 0.3 is 11.9 Å². The molecule has 1 aliphatic rings. The van der Waals surface area contributed by atoms with Crippen LogP contribution in [0.5, 0.6) is 11.5 Å². The van der Waals surface area contributed by atoms with Crippen molar-refractivity contribution in [2.45, 2.75) is 51.9 Å². The molecule has 0 fully saturated rings. The van der Waals surface area contributed by atoms with E-state index in [-0.39, 0.29) is 22.8 Å². The van der Waals surface area contributed by atoms with Crippen molar-refractivity contribution in [3.05, 3.63) is 59.2 Å². The number of ether oxygens (including phenoxy) is 2. The number of carbonyl (C=O) groups is 2. The molecule has 0 saturated carbocycles. The van der Waals surface area contributed by atoms with Gasteiger partial charge in [-0.15, -0.1) is 0 Å². The quantitative estimate of drug-likeness (QED) is 0.602. The van der Waals surface area contributed by atoms with Gasteiger partial charge in [-0.1, -0.05) is 39.0 Å². The van der Waals surface area contributed by atoms with E-state index in [1.807, 2.05) is 36.4 Å². The van der Waals surface area contributed by atoms with E-state index in [1.165, 1.54) is 25.0 Å². The number of fused-ring (bicyclic) bond motifs is 1. The standard InChI is InChI=1S/C22H24O4/c1-14(23)25-17-8-6-16(7-9-17)22(5)13-21(3,4)19-11-10-18(12-20(19)22)26-15(2)24/h6-12H,13H2,1-5H3. The summed E-state index contributed by atoms with van der Waals surface area (Å²) >= 11 is 0. The van der Waals surface area contributed by atoms with Crippen LogP contribution in [0.1, 0.15) is 57.7 Å². The summed E-state index contributed by atoms with van der Waals surface area (Å²) in [7, 11) is 0. The Kier molecular flexibility index (Phi) is 4.39. The third-order valence-corrected chi connectivity index (χ3v) is 5.12. The molecule has 0 radical (unpaired) electrons. The number of carbonyl (C=O) groups excluding carboxylic acids is 2. The summed E-state index contributed by atoms with van der Waals surface area (Å²) in [5, 5.41) is 0. The zero-order chi connectivity index (χ0) is 19.1. The third kappa shape index (κ3) is 3.24. The molecular weight excluding hydrogens is 328 g/mol. The van der Waals surface area contributed by atoms with Crippen molar-refractivity contribution in [3.63, 3.8) is 0 Å². The van der Waals surface area contributed by atoms with Gasteiger partial charge in [0.1, 0.15) is 11.5 Å². The first-order valence-corrected chi connectivity index (χ1v) is 8.74.